The molecule has 1 N–H and O–H groups in total. The smallest absolute Gasteiger partial charge is 0.253 e. The highest BCUT2D eigenvalue weighted by atomic mass is 35.5. The van der Waals surface area contributed by atoms with Crippen molar-refractivity contribution < 1.29 is 8.42 Å². The summed E-state index contributed by atoms with van der Waals surface area (Å²) in [5.74, 6) is 0.478. The molecule has 10 heteroatoms. The summed E-state index contributed by atoms with van der Waals surface area (Å²) in [6.07, 6.45) is 3.19. The van der Waals surface area contributed by atoms with Crippen LogP contribution in [0, 0.1) is 13.8 Å². The van der Waals surface area contributed by atoms with Crippen LogP contribution in [0.3, 0.4) is 0 Å². The second-order valence-corrected chi connectivity index (χ2v) is 8.61. The fourth-order valence-corrected chi connectivity index (χ4v) is 4.45. The van der Waals surface area contributed by atoms with Crippen LogP contribution in [0.4, 0.5) is 0 Å². The predicted molar refractivity (Wildman–Crippen MR) is 114 cm³/mol. The molecule has 4 aromatic rings. The molecule has 4 rings (SSSR count). The number of aromatic nitrogens is 5. The van der Waals surface area contributed by atoms with Crippen LogP contribution < -0.4 is 4.83 Å². The second kappa shape index (κ2) is 7.85. The quantitative estimate of drug-likeness (QED) is 0.508. The third-order valence-corrected chi connectivity index (χ3v) is 6.26. The minimum absolute atomic E-state index is 0.108. The summed E-state index contributed by atoms with van der Waals surface area (Å²) in [5, 5.41) is 8.81. The molecule has 0 fully saturated rings. The van der Waals surface area contributed by atoms with Gasteiger partial charge in [-0.15, -0.1) is 10.2 Å². The lowest BCUT2D eigenvalue weighted by atomic mass is 10.2. The number of pyridine rings is 2. The van der Waals surface area contributed by atoms with Crippen LogP contribution in [0.15, 0.2) is 65.8 Å². The molecule has 0 bridgehead atoms. The van der Waals surface area contributed by atoms with Crippen LogP contribution in [0.25, 0.3) is 23.0 Å². The molecule has 0 spiro atoms. The van der Waals surface area contributed by atoms with Crippen LogP contribution in [0.2, 0.25) is 5.02 Å². The Morgan fingerprint density at radius 2 is 1.43 bits per heavy atom. The standard InChI is InChI=1S/C20H17ClN6O2S/c1-13-12-18(14(2)11-15(13)21)30(28,29)26-27-19(16-7-3-5-9-22-16)24-25-20(27)17-8-4-6-10-23-17/h3-12,26H,1-2H3. The number of hydrogen-bond acceptors (Lipinski definition) is 6. The fraction of sp³-hybridized carbons (Fsp3) is 0.100. The Hall–Kier alpha value is -3.30. The maximum absolute atomic E-state index is 13.3. The number of aryl methyl sites for hydroxylation is 2. The van der Waals surface area contributed by atoms with Gasteiger partial charge in [0.25, 0.3) is 10.0 Å². The minimum Gasteiger partial charge on any atom is -0.253 e. The Balaban J connectivity index is 1.87. The lowest BCUT2D eigenvalue weighted by Crippen LogP contribution is -2.26. The Bertz CT molecular complexity index is 1250. The largest absolute Gasteiger partial charge is 0.275 e. The summed E-state index contributed by atoms with van der Waals surface area (Å²) in [6, 6.07) is 13.7. The molecule has 0 aliphatic heterocycles. The predicted octanol–water partition coefficient (Wildman–Crippen LogP) is 3.60. The van der Waals surface area contributed by atoms with Crippen molar-refractivity contribution in [2.45, 2.75) is 18.7 Å². The monoisotopic (exact) mass is 440 g/mol. The van der Waals surface area contributed by atoms with E-state index in [1.807, 2.05) is 0 Å². The molecule has 0 radical (unpaired) electrons. The molecular formula is C20H17ClN6O2S. The molecule has 0 aliphatic rings. The summed E-state index contributed by atoms with van der Waals surface area (Å²) >= 11 is 6.13. The number of nitrogens with one attached hydrogen (secondary N) is 1. The molecule has 152 valence electrons. The molecule has 8 nitrogen and oxygen atoms in total. The normalized spacial score (nSPS) is 11.4. The van der Waals surface area contributed by atoms with Gasteiger partial charge >= 0.3 is 0 Å². The summed E-state index contributed by atoms with van der Waals surface area (Å²) in [4.78, 5) is 11.2. The van der Waals surface area contributed by atoms with Gasteiger partial charge in [-0.2, -0.15) is 8.42 Å². The number of sulfonamides is 1. The number of hydrogen-bond donors (Lipinski definition) is 1. The summed E-state index contributed by atoms with van der Waals surface area (Å²) in [6.45, 7) is 3.43. The average molecular weight is 441 g/mol. The van der Waals surface area contributed by atoms with E-state index in [9.17, 15) is 8.42 Å². The van der Waals surface area contributed by atoms with Gasteiger partial charge in [0.05, 0.1) is 4.90 Å². The maximum atomic E-state index is 13.3. The van der Waals surface area contributed by atoms with E-state index >= 15 is 0 Å². The van der Waals surface area contributed by atoms with Crippen molar-refractivity contribution in [3.63, 3.8) is 0 Å². The van der Waals surface area contributed by atoms with Gasteiger partial charge in [0.1, 0.15) is 11.4 Å². The topological polar surface area (TPSA) is 103 Å². The van der Waals surface area contributed by atoms with Crippen LogP contribution in [-0.2, 0) is 10.0 Å². The van der Waals surface area contributed by atoms with Crippen LogP contribution in [0.5, 0.6) is 0 Å². The average Bonchev–Trinajstić information content (AvgIpc) is 3.14. The SMILES string of the molecule is Cc1cc(S(=O)(=O)Nn2c(-c3ccccn3)nnc2-c2ccccn2)c(C)cc1Cl. The first-order chi connectivity index (χ1) is 14.4. The van der Waals surface area contributed by atoms with Gasteiger partial charge in [-0.05, 0) is 61.4 Å². The molecule has 0 aliphatic carbocycles. The molecule has 0 unspecified atom stereocenters. The Morgan fingerprint density at radius 3 is 1.93 bits per heavy atom. The van der Waals surface area contributed by atoms with Gasteiger partial charge in [0.2, 0.25) is 11.6 Å². The van der Waals surface area contributed by atoms with E-state index in [0.717, 1.165) is 0 Å². The van der Waals surface area contributed by atoms with E-state index in [2.05, 4.69) is 25.0 Å². The van der Waals surface area contributed by atoms with Gasteiger partial charge in [0, 0.05) is 17.4 Å². The second-order valence-electron chi connectivity index (χ2n) is 6.57. The first kappa shape index (κ1) is 20.0. The van der Waals surface area contributed by atoms with E-state index in [-0.39, 0.29) is 16.5 Å². The van der Waals surface area contributed by atoms with Crippen molar-refractivity contribution in [3.8, 4) is 23.0 Å². The number of halogens is 1. The Kier molecular flexibility index (Phi) is 5.23. The number of benzene rings is 1. The maximum Gasteiger partial charge on any atom is 0.275 e. The zero-order valence-electron chi connectivity index (χ0n) is 16.1. The van der Waals surface area contributed by atoms with Crippen LogP contribution in [-0.4, -0.2) is 33.3 Å². The third kappa shape index (κ3) is 3.77. The van der Waals surface area contributed by atoms with E-state index < -0.39 is 10.0 Å². The number of nitrogens with zero attached hydrogens (tertiary/aromatic N) is 5. The van der Waals surface area contributed by atoms with Crippen LogP contribution >= 0.6 is 11.6 Å². The van der Waals surface area contributed by atoms with Crippen molar-refractivity contribution >= 4 is 21.6 Å². The first-order valence-corrected chi connectivity index (χ1v) is 10.8. The molecular weight excluding hydrogens is 424 g/mol. The zero-order chi connectivity index (χ0) is 21.3. The van der Waals surface area contributed by atoms with Gasteiger partial charge in [-0.3, -0.25) is 9.97 Å². The van der Waals surface area contributed by atoms with Gasteiger partial charge in [-0.25, -0.2) is 9.51 Å². The van der Waals surface area contributed by atoms with Gasteiger partial charge < -0.3 is 0 Å². The summed E-state index contributed by atoms with van der Waals surface area (Å²) < 4.78 is 27.8. The molecule has 0 amide bonds. The Labute approximate surface area is 178 Å². The lowest BCUT2D eigenvalue weighted by molar-refractivity contribution is 0.595. The van der Waals surface area contributed by atoms with Gasteiger partial charge in [-0.1, -0.05) is 23.7 Å². The van der Waals surface area contributed by atoms with E-state index in [1.54, 1.807) is 68.7 Å². The molecule has 1 aromatic carbocycles. The summed E-state index contributed by atoms with van der Waals surface area (Å²) in [5.41, 5.74) is 2.09. The van der Waals surface area contributed by atoms with E-state index in [1.165, 1.54) is 10.7 Å². The summed E-state index contributed by atoms with van der Waals surface area (Å²) in [7, 11) is -4.00. The first-order valence-electron chi connectivity index (χ1n) is 8.94. The molecule has 3 aromatic heterocycles. The van der Waals surface area contributed by atoms with E-state index in [0.29, 0.717) is 27.5 Å². The Morgan fingerprint density at radius 1 is 0.867 bits per heavy atom. The van der Waals surface area contributed by atoms with Gasteiger partial charge in [0.15, 0.2) is 0 Å². The highest BCUT2D eigenvalue weighted by Crippen LogP contribution is 2.26. The lowest BCUT2D eigenvalue weighted by Gasteiger charge is -2.15. The highest BCUT2D eigenvalue weighted by Gasteiger charge is 2.24. The van der Waals surface area contributed by atoms with Crippen LogP contribution in [0.1, 0.15) is 11.1 Å². The molecule has 3 heterocycles. The van der Waals surface area contributed by atoms with Crippen molar-refractivity contribution in [2.75, 3.05) is 4.83 Å². The highest BCUT2D eigenvalue weighted by molar-refractivity contribution is 7.92. The van der Waals surface area contributed by atoms with Crippen molar-refractivity contribution in [1.29, 1.82) is 0 Å². The minimum atomic E-state index is -4.00. The number of rotatable bonds is 5. The van der Waals surface area contributed by atoms with Crippen molar-refractivity contribution in [3.05, 3.63) is 77.1 Å². The zero-order valence-corrected chi connectivity index (χ0v) is 17.7. The molecule has 0 saturated carbocycles. The van der Waals surface area contributed by atoms with E-state index in [4.69, 9.17) is 11.6 Å². The van der Waals surface area contributed by atoms with Crippen molar-refractivity contribution in [2.24, 2.45) is 0 Å². The molecule has 0 saturated heterocycles. The fourth-order valence-electron chi connectivity index (χ4n) is 2.91. The van der Waals surface area contributed by atoms with Crippen molar-refractivity contribution in [1.82, 2.24) is 24.8 Å². The molecule has 0 atom stereocenters. The third-order valence-electron chi connectivity index (χ3n) is 4.41. The molecule has 30 heavy (non-hydrogen) atoms.